The van der Waals surface area contributed by atoms with Gasteiger partial charge in [0.2, 0.25) is 0 Å². The quantitative estimate of drug-likeness (QED) is 0.460. The van der Waals surface area contributed by atoms with Crippen molar-refractivity contribution in [1.82, 2.24) is 0 Å². The molecule has 1 atom stereocenters. The third-order valence-electron chi connectivity index (χ3n) is 4.66. The zero-order chi connectivity index (χ0) is 17.1. The zero-order valence-electron chi connectivity index (χ0n) is 14.4. The van der Waals surface area contributed by atoms with Crippen LogP contribution in [0, 0.1) is 6.92 Å². The molecule has 3 heteroatoms. The molecule has 1 aromatic rings. The number of carbonyl (C=O) groups excluding carboxylic acids is 1. The Morgan fingerprint density at radius 2 is 1.91 bits per heavy atom. The maximum Gasteiger partial charge on any atom is 0.168 e. The largest absolute Gasteiger partial charge is 0.504 e. The van der Waals surface area contributed by atoms with Crippen molar-refractivity contribution in [2.45, 2.75) is 59.3 Å². The summed E-state index contributed by atoms with van der Waals surface area (Å²) in [6.45, 7) is 8.15. The molecule has 23 heavy (non-hydrogen) atoms. The van der Waals surface area contributed by atoms with Crippen LogP contribution in [0.1, 0.15) is 73.0 Å². The predicted molar refractivity (Wildman–Crippen MR) is 93.4 cm³/mol. The molecule has 1 aliphatic carbocycles. The van der Waals surface area contributed by atoms with E-state index < -0.39 is 0 Å². The molecule has 0 saturated carbocycles. The summed E-state index contributed by atoms with van der Waals surface area (Å²) in [6.07, 6.45) is 8.87. The van der Waals surface area contributed by atoms with E-state index in [9.17, 15) is 15.0 Å². The standard InChI is InChI=1S/C20H26O3/c1-12(2)6-5-7-13(3)10-15-8-9-16-17(11-21)20(23)19(22)14(4)18(15)16/h6,10-11,15,22-23H,5,7-9H2,1-4H3/b13-10+. The Morgan fingerprint density at radius 1 is 1.22 bits per heavy atom. The van der Waals surface area contributed by atoms with Gasteiger partial charge >= 0.3 is 0 Å². The summed E-state index contributed by atoms with van der Waals surface area (Å²) in [5.41, 5.74) is 5.51. The molecule has 2 N–H and O–H groups in total. The first-order valence-corrected chi connectivity index (χ1v) is 8.19. The Hall–Kier alpha value is -2.03. The van der Waals surface area contributed by atoms with Gasteiger partial charge in [0.15, 0.2) is 17.8 Å². The van der Waals surface area contributed by atoms with Gasteiger partial charge in [-0.05, 0) is 70.1 Å². The molecule has 0 fully saturated rings. The highest BCUT2D eigenvalue weighted by Crippen LogP contribution is 2.46. The van der Waals surface area contributed by atoms with Crippen LogP contribution in [-0.4, -0.2) is 16.5 Å². The van der Waals surface area contributed by atoms with Gasteiger partial charge in [0.1, 0.15) is 0 Å². The lowest BCUT2D eigenvalue weighted by molar-refractivity contribution is 0.111. The van der Waals surface area contributed by atoms with Crippen LogP contribution in [-0.2, 0) is 6.42 Å². The number of hydrogen-bond donors (Lipinski definition) is 2. The first kappa shape index (κ1) is 17.3. The average Bonchev–Trinajstić information content (AvgIpc) is 2.88. The van der Waals surface area contributed by atoms with Gasteiger partial charge in [0, 0.05) is 5.92 Å². The highest BCUT2D eigenvalue weighted by Gasteiger charge is 2.29. The van der Waals surface area contributed by atoms with Crippen molar-refractivity contribution in [2.24, 2.45) is 0 Å². The summed E-state index contributed by atoms with van der Waals surface area (Å²) < 4.78 is 0. The molecule has 0 radical (unpaired) electrons. The minimum absolute atomic E-state index is 0.159. The van der Waals surface area contributed by atoms with Gasteiger partial charge in [0.05, 0.1) is 5.56 Å². The lowest BCUT2D eigenvalue weighted by Gasteiger charge is -2.16. The molecule has 0 aromatic heterocycles. The molecule has 0 spiro atoms. The smallest absolute Gasteiger partial charge is 0.168 e. The Labute approximate surface area is 138 Å². The summed E-state index contributed by atoms with van der Waals surface area (Å²) >= 11 is 0. The number of fused-ring (bicyclic) bond motifs is 1. The van der Waals surface area contributed by atoms with Crippen LogP contribution in [0.3, 0.4) is 0 Å². The summed E-state index contributed by atoms with van der Waals surface area (Å²) in [5.74, 6) is -0.226. The molecular formula is C20H26O3. The van der Waals surface area contributed by atoms with Crippen molar-refractivity contribution < 1.29 is 15.0 Å². The highest BCUT2D eigenvalue weighted by atomic mass is 16.3. The molecular weight excluding hydrogens is 288 g/mol. The molecule has 1 aromatic carbocycles. The van der Waals surface area contributed by atoms with E-state index in [1.54, 1.807) is 0 Å². The Bertz CT molecular complexity index is 677. The van der Waals surface area contributed by atoms with Crippen LogP contribution in [0.15, 0.2) is 23.3 Å². The molecule has 0 bridgehead atoms. The van der Waals surface area contributed by atoms with Crippen LogP contribution in [0.25, 0.3) is 0 Å². The molecule has 124 valence electrons. The van der Waals surface area contributed by atoms with E-state index in [1.165, 1.54) is 11.1 Å². The third-order valence-corrected chi connectivity index (χ3v) is 4.66. The number of carbonyl (C=O) groups is 1. The highest BCUT2D eigenvalue weighted by molar-refractivity contribution is 5.85. The van der Waals surface area contributed by atoms with Crippen LogP contribution >= 0.6 is 0 Å². The summed E-state index contributed by atoms with van der Waals surface area (Å²) in [6, 6.07) is 0. The van der Waals surface area contributed by atoms with E-state index in [2.05, 4.69) is 32.9 Å². The van der Waals surface area contributed by atoms with Gasteiger partial charge in [-0.3, -0.25) is 4.79 Å². The topological polar surface area (TPSA) is 57.5 Å². The van der Waals surface area contributed by atoms with E-state index in [0.717, 1.165) is 36.8 Å². The molecule has 0 saturated heterocycles. The van der Waals surface area contributed by atoms with Crippen molar-refractivity contribution in [3.63, 3.8) is 0 Å². The van der Waals surface area contributed by atoms with Crippen LogP contribution in [0.4, 0.5) is 0 Å². The third kappa shape index (κ3) is 3.49. The number of aldehydes is 1. The van der Waals surface area contributed by atoms with E-state index in [0.29, 0.717) is 11.8 Å². The van der Waals surface area contributed by atoms with Crippen molar-refractivity contribution in [3.05, 3.63) is 45.6 Å². The molecule has 3 nitrogen and oxygen atoms in total. The predicted octanol–water partition coefficient (Wildman–Crippen LogP) is 4.94. The van der Waals surface area contributed by atoms with Crippen molar-refractivity contribution in [3.8, 4) is 11.5 Å². The van der Waals surface area contributed by atoms with E-state index in [1.807, 2.05) is 6.92 Å². The molecule has 0 aliphatic heterocycles. The first-order valence-electron chi connectivity index (χ1n) is 8.19. The Kier molecular flexibility index (Phi) is 5.30. The van der Waals surface area contributed by atoms with Crippen molar-refractivity contribution in [1.29, 1.82) is 0 Å². The van der Waals surface area contributed by atoms with Crippen LogP contribution in [0.5, 0.6) is 11.5 Å². The molecule has 1 aliphatic rings. The molecule has 0 heterocycles. The summed E-state index contributed by atoms with van der Waals surface area (Å²) in [4.78, 5) is 11.3. The summed E-state index contributed by atoms with van der Waals surface area (Å²) in [7, 11) is 0. The molecule has 1 unspecified atom stereocenters. The minimum Gasteiger partial charge on any atom is -0.504 e. The Balaban J connectivity index is 2.33. The van der Waals surface area contributed by atoms with Gasteiger partial charge in [0.25, 0.3) is 0 Å². The van der Waals surface area contributed by atoms with Crippen LogP contribution in [0.2, 0.25) is 0 Å². The monoisotopic (exact) mass is 314 g/mol. The lowest BCUT2D eigenvalue weighted by atomic mass is 9.91. The number of rotatable bonds is 5. The second-order valence-electron chi connectivity index (χ2n) is 6.72. The van der Waals surface area contributed by atoms with Gasteiger partial charge < -0.3 is 10.2 Å². The molecule has 2 rings (SSSR count). The van der Waals surface area contributed by atoms with Gasteiger partial charge in [-0.25, -0.2) is 0 Å². The zero-order valence-corrected chi connectivity index (χ0v) is 14.4. The SMILES string of the molecule is CC(C)=CCC/C(C)=C/C1CCc2c(C=O)c(O)c(O)c(C)c21. The molecule has 0 amide bonds. The fourth-order valence-electron chi connectivity index (χ4n) is 3.47. The summed E-state index contributed by atoms with van der Waals surface area (Å²) in [5, 5.41) is 20.1. The second kappa shape index (κ2) is 7.03. The lowest BCUT2D eigenvalue weighted by Crippen LogP contribution is -1.99. The normalized spacial score (nSPS) is 17.0. The maximum atomic E-state index is 11.3. The number of benzene rings is 1. The van der Waals surface area contributed by atoms with Crippen LogP contribution < -0.4 is 0 Å². The number of aromatic hydroxyl groups is 2. The fourth-order valence-corrected chi connectivity index (χ4v) is 3.47. The first-order chi connectivity index (χ1) is 10.9. The van der Waals surface area contributed by atoms with E-state index in [4.69, 9.17) is 0 Å². The fraction of sp³-hybridized carbons (Fsp3) is 0.450. The average molecular weight is 314 g/mol. The van der Waals surface area contributed by atoms with Gasteiger partial charge in [-0.1, -0.05) is 23.3 Å². The minimum atomic E-state index is -0.277. The Morgan fingerprint density at radius 3 is 2.52 bits per heavy atom. The van der Waals surface area contributed by atoms with Crippen molar-refractivity contribution in [2.75, 3.05) is 0 Å². The van der Waals surface area contributed by atoms with Gasteiger partial charge in [-0.2, -0.15) is 0 Å². The number of phenolic OH excluding ortho intramolecular Hbond substituents is 2. The van der Waals surface area contributed by atoms with Crippen molar-refractivity contribution >= 4 is 6.29 Å². The maximum absolute atomic E-state index is 11.3. The second-order valence-corrected chi connectivity index (χ2v) is 6.72. The number of phenols is 2. The van der Waals surface area contributed by atoms with E-state index >= 15 is 0 Å². The number of allylic oxidation sites excluding steroid dienone is 4. The van der Waals surface area contributed by atoms with E-state index in [-0.39, 0.29) is 23.0 Å². The van der Waals surface area contributed by atoms with Gasteiger partial charge in [-0.15, -0.1) is 0 Å². The number of hydrogen-bond acceptors (Lipinski definition) is 3.